The van der Waals surface area contributed by atoms with E-state index in [1.165, 1.54) is 24.3 Å². The van der Waals surface area contributed by atoms with Gasteiger partial charge in [-0.05, 0) is 29.8 Å². The minimum absolute atomic E-state index is 0.103. The number of rotatable bonds is 5. The van der Waals surface area contributed by atoms with Gasteiger partial charge in [-0.1, -0.05) is 30.3 Å². The van der Waals surface area contributed by atoms with Crippen LogP contribution in [0.5, 0.6) is 0 Å². The van der Waals surface area contributed by atoms with Crippen molar-refractivity contribution in [2.24, 2.45) is 0 Å². The van der Waals surface area contributed by atoms with Gasteiger partial charge in [0.1, 0.15) is 5.82 Å². The smallest absolute Gasteiger partial charge is 0.272 e. The molecule has 0 spiro atoms. The van der Waals surface area contributed by atoms with Crippen molar-refractivity contribution in [3.8, 4) is 0 Å². The van der Waals surface area contributed by atoms with E-state index in [0.29, 0.717) is 27.5 Å². The summed E-state index contributed by atoms with van der Waals surface area (Å²) in [4.78, 5) is 26.9. The molecule has 0 radical (unpaired) electrons. The number of carbonyl (C=O) groups excluding carboxylic acids is 2. The van der Waals surface area contributed by atoms with Gasteiger partial charge in [0.2, 0.25) is 0 Å². The summed E-state index contributed by atoms with van der Waals surface area (Å²) < 4.78 is 13.1. The van der Waals surface area contributed by atoms with Gasteiger partial charge in [0.15, 0.2) is 0 Å². The van der Waals surface area contributed by atoms with Crippen LogP contribution in [0.25, 0.3) is 5.57 Å². The van der Waals surface area contributed by atoms with Crippen LogP contribution in [0.2, 0.25) is 0 Å². The third kappa shape index (κ3) is 2.98. The molecule has 2 amide bonds. The highest BCUT2D eigenvalue weighted by Crippen LogP contribution is 2.38. The number of amides is 2. The van der Waals surface area contributed by atoms with Crippen molar-refractivity contribution < 1.29 is 19.1 Å². The molecule has 0 fully saturated rings. The molecule has 0 saturated heterocycles. The Morgan fingerprint density at radius 1 is 0.958 bits per heavy atom. The van der Waals surface area contributed by atoms with Crippen molar-refractivity contribution >= 4 is 34.8 Å². The van der Waals surface area contributed by atoms with Crippen molar-refractivity contribution in [2.75, 3.05) is 17.3 Å². The fourth-order valence-electron chi connectivity index (χ4n) is 2.48. The summed E-state index contributed by atoms with van der Waals surface area (Å²) in [5.41, 5.74) is 1.27. The molecule has 0 atom stereocenters. The first-order valence-electron chi connectivity index (χ1n) is 7.31. The molecular formula is C18H14FNO3S. The Bertz CT molecular complexity index is 803. The number of halogens is 1. The summed E-state index contributed by atoms with van der Waals surface area (Å²) in [6.45, 7) is -0.103. The molecule has 0 bridgehead atoms. The Balaban J connectivity index is 2.05. The monoisotopic (exact) mass is 343 g/mol. The van der Waals surface area contributed by atoms with Gasteiger partial charge in [-0.15, -0.1) is 11.8 Å². The highest BCUT2D eigenvalue weighted by atomic mass is 32.2. The van der Waals surface area contributed by atoms with Crippen molar-refractivity contribution in [1.82, 2.24) is 0 Å². The van der Waals surface area contributed by atoms with Crippen molar-refractivity contribution in [2.45, 2.75) is 0 Å². The number of anilines is 1. The molecule has 0 unspecified atom stereocenters. The van der Waals surface area contributed by atoms with Gasteiger partial charge in [-0.2, -0.15) is 0 Å². The predicted octanol–water partition coefficient (Wildman–Crippen LogP) is 2.84. The van der Waals surface area contributed by atoms with Crippen LogP contribution in [0.1, 0.15) is 5.56 Å². The first kappa shape index (κ1) is 16.4. The second kappa shape index (κ2) is 6.98. The van der Waals surface area contributed by atoms with Crippen LogP contribution in [0.4, 0.5) is 10.1 Å². The Kier molecular flexibility index (Phi) is 4.78. The van der Waals surface area contributed by atoms with Crippen molar-refractivity contribution in [3.63, 3.8) is 0 Å². The molecule has 0 saturated carbocycles. The largest absolute Gasteiger partial charge is 0.396 e. The summed E-state index contributed by atoms with van der Waals surface area (Å²) in [7, 11) is 0. The summed E-state index contributed by atoms with van der Waals surface area (Å²) in [6.07, 6.45) is 0. The molecule has 1 aliphatic rings. The molecule has 2 aromatic rings. The molecule has 0 aromatic heterocycles. The number of hydrogen-bond donors (Lipinski definition) is 1. The maximum atomic E-state index is 13.1. The van der Waals surface area contributed by atoms with E-state index >= 15 is 0 Å². The van der Waals surface area contributed by atoms with Gasteiger partial charge in [-0.25, -0.2) is 9.29 Å². The van der Waals surface area contributed by atoms with Gasteiger partial charge in [0.05, 0.1) is 22.8 Å². The van der Waals surface area contributed by atoms with Crippen molar-refractivity contribution in [1.29, 1.82) is 0 Å². The second-order valence-corrected chi connectivity index (χ2v) is 6.17. The van der Waals surface area contributed by atoms with E-state index in [0.717, 1.165) is 16.7 Å². The number of imide groups is 1. The topological polar surface area (TPSA) is 57.6 Å². The molecule has 1 aliphatic heterocycles. The summed E-state index contributed by atoms with van der Waals surface area (Å²) >= 11 is 1.14. The second-order valence-electron chi connectivity index (χ2n) is 5.06. The number of aliphatic hydroxyl groups excluding tert-OH is 1. The average Bonchev–Trinajstić information content (AvgIpc) is 2.85. The molecule has 3 rings (SSSR count). The van der Waals surface area contributed by atoms with E-state index in [1.807, 2.05) is 6.07 Å². The van der Waals surface area contributed by atoms with E-state index in [1.54, 1.807) is 24.3 Å². The lowest BCUT2D eigenvalue weighted by Crippen LogP contribution is -2.31. The lowest BCUT2D eigenvalue weighted by atomic mass is 10.1. The van der Waals surface area contributed by atoms with Crippen LogP contribution >= 0.6 is 11.8 Å². The molecule has 122 valence electrons. The first-order valence-corrected chi connectivity index (χ1v) is 8.29. The highest BCUT2D eigenvalue weighted by molar-refractivity contribution is 8.04. The summed E-state index contributed by atoms with van der Waals surface area (Å²) in [5.74, 6) is -1.03. The van der Waals surface area contributed by atoms with E-state index in [2.05, 4.69) is 0 Å². The predicted molar refractivity (Wildman–Crippen MR) is 91.8 cm³/mol. The molecular weight excluding hydrogens is 329 g/mol. The summed E-state index contributed by atoms with van der Waals surface area (Å²) in [6, 6.07) is 14.1. The van der Waals surface area contributed by atoms with Gasteiger partial charge in [0, 0.05) is 5.75 Å². The summed E-state index contributed by atoms with van der Waals surface area (Å²) in [5, 5.41) is 9.05. The average molecular weight is 343 g/mol. The Morgan fingerprint density at radius 2 is 1.62 bits per heavy atom. The lowest BCUT2D eigenvalue weighted by molar-refractivity contribution is -0.119. The molecule has 1 N–H and O–H groups in total. The minimum atomic E-state index is -0.455. The van der Waals surface area contributed by atoms with Crippen LogP contribution in [0.3, 0.4) is 0 Å². The molecule has 2 aromatic carbocycles. The van der Waals surface area contributed by atoms with E-state index in [-0.39, 0.29) is 6.61 Å². The van der Waals surface area contributed by atoms with E-state index in [9.17, 15) is 14.0 Å². The Labute approximate surface area is 142 Å². The van der Waals surface area contributed by atoms with Gasteiger partial charge >= 0.3 is 0 Å². The molecule has 0 aliphatic carbocycles. The van der Waals surface area contributed by atoms with E-state index in [4.69, 9.17) is 5.11 Å². The third-order valence-corrected chi connectivity index (χ3v) is 4.58. The highest BCUT2D eigenvalue weighted by Gasteiger charge is 2.39. The SMILES string of the molecule is O=C1C(SCCO)=C(c2ccccc2)C(=O)N1c1ccc(F)cc1. The normalized spacial score (nSPS) is 14.7. The number of hydrogen-bond acceptors (Lipinski definition) is 4. The molecule has 6 heteroatoms. The van der Waals surface area contributed by atoms with Crippen LogP contribution in [-0.4, -0.2) is 29.3 Å². The first-order chi connectivity index (χ1) is 11.6. The maximum absolute atomic E-state index is 13.1. The van der Waals surface area contributed by atoms with Crippen LogP contribution in [0.15, 0.2) is 59.5 Å². The minimum Gasteiger partial charge on any atom is -0.396 e. The Hall–Kier alpha value is -2.44. The number of nitrogens with zero attached hydrogens (tertiary/aromatic N) is 1. The quantitative estimate of drug-likeness (QED) is 0.848. The number of benzene rings is 2. The fourth-order valence-corrected chi connectivity index (χ4v) is 3.33. The zero-order valence-corrected chi connectivity index (χ0v) is 13.4. The number of carbonyl (C=O) groups is 2. The van der Waals surface area contributed by atoms with Crippen LogP contribution in [0, 0.1) is 5.82 Å². The van der Waals surface area contributed by atoms with Crippen LogP contribution < -0.4 is 4.90 Å². The van der Waals surface area contributed by atoms with Gasteiger partial charge in [0.25, 0.3) is 11.8 Å². The third-order valence-electron chi connectivity index (χ3n) is 3.53. The zero-order chi connectivity index (χ0) is 17.1. The molecule has 24 heavy (non-hydrogen) atoms. The van der Waals surface area contributed by atoms with Crippen LogP contribution in [-0.2, 0) is 9.59 Å². The number of thioether (sulfide) groups is 1. The lowest BCUT2D eigenvalue weighted by Gasteiger charge is -2.15. The zero-order valence-electron chi connectivity index (χ0n) is 12.6. The molecule has 1 heterocycles. The van der Waals surface area contributed by atoms with Gasteiger partial charge < -0.3 is 5.11 Å². The van der Waals surface area contributed by atoms with Gasteiger partial charge in [-0.3, -0.25) is 9.59 Å². The van der Waals surface area contributed by atoms with E-state index < -0.39 is 17.6 Å². The fraction of sp³-hybridized carbons (Fsp3) is 0.111. The molecule has 4 nitrogen and oxygen atoms in total. The van der Waals surface area contributed by atoms with Crippen molar-refractivity contribution in [3.05, 3.63) is 70.9 Å². The standard InChI is InChI=1S/C18H14FNO3S/c19-13-6-8-14(9-7-13)20-17(22)15(12-4-2-1-3-5-12)16(18(20)23)24-11-10-21/h1-9,21H,10-11H2. The number of aliphatic hydroxyl groups is 1. The maximum Gasteiger partial charge on any atom is 0.272 e. The Morgan fingerprint density at radius 3 is 2.25 bits per heavy atom.